The number of rotatable bonds is 4. The van der Waals surface area contributed by atoms with Crippen molar-refractivity contribution in [2.24, 2.45) is 10.7 Å². The number of aromatic nitrogens is 1. The molecule has 0 aliphatic heterocycles. The van der Waals surface area contributed by atoms with Crippen LogP contribution >= 0.6 is 46.9 Å². The summed E-state index contributed by atoms with van der Waals surface area (Å²) in [7, 11) is 2.01. The topological polar surface area (TPSA) is 54.5 Å². The normalized spacial score (nSPS) is 15.0. The Kier molecular flexibility index (Phi) is 5.67. The molecule has 0 radical (unpaired) electrons. The van der Waals surface area contributed by atoms with E-state index in [1.807, 2.05) is 25.2 Å². The first-order valence-corrected chi connectivity index (χ1v) is 7.90. The molecule has 114 valence electrons. The molecule has 1 aromatic heterocycles. The molecular formula is C14H18ClIN4S. The lowest BCUT2D eigenvalue weighted by molar-refractivity contribution is 0.487. The Morgan fingerprint density at radius 3 is 3.00 bits per heavy atom. The monoisotopic (exact) mass is 436 g/mol. The van der Waals surface area contributed by atoms with Gasteiger partial charge in [-0.15, -0.1) is 35.3 Å². The second-order valence-electron chi connectivity index (χ2n) is 5.05. The first-order chi connectivity index (χ1) is 9.63. The molecule has 0 bridgehead atoms. The van der Waals surface area contributed by atoms with E-state index in [-0.39, 0.29) is 24.0 Å². The number of benzene rings is 1. The molecule has 2 aromatic rings. The van der Waals surface area contributed by atoms with E-state index in [2.05, 4.69) is 14.9 Å². The van der Waals surface area contributed by atoms with Crippen LogP contribution in [0.25, 0.3) is 10.2 Å². The number of nitrogens with zero attached hydrogens (tertiary/aromatic N) is 3. The van der Waals surface area contributed by atoms with Crippen LogP contribution in [0.5, 0.6) is 0 Å². The zero-order valence-corrected chi connectivity index (χ0v) is 15.7. The van der Waals surface area contributed by atoms with Crippen LogP contribution in [0.2, 0.25) is 5.02 Å². The minimum Gasteiger partial charge on any atom is -0.370 e. The third-order valence-electron chi connectivity index (χ3n) is 3.45. The van der Waals surface area contributed by atoms with Crippen molar-refractivity contribution < 1.29 is 0 Å². The van der Waals surface area contributed by atoms with E-state index in [4.69, 9.17) is 17.3 Å². The van der Waals surface area contributed by atoms with Gasteiger partial charge in [0, 0.05) is 31.1 Å². The van der Waals surface area contributed by atoms with Crippen LogP contribution in [-0.4, -0.2) is 35.5 Å². The maximum atomic E-state index is 5.96. The molecule has 21 heavy (non-hydrogen) atoms. The molecule has 7 heteroatoms. The van der Waals surface area contributed by atoms with E-state index >= 15 is 0 Å². The van der Waals surface area contributed by atoms with Gasteiger partial charge in [-0.05, 0) is 31.0 Å². The SMILES string of the molecule is CN(C(N)=NCCc1nc2cc(Cl)ccc2s1)C1CC1.I. The Morgan fingerprint density at radius 2 is 2.29 bits per heavy atom. The predicted octanol–water partition coefficient (Wildman–Crippen LogP) is 3.52. The van der Waals surface area contributed by atoms with E-state index in [0.29, 0.717) is 18.5 Å². The molecule has 0 atom stereocenters. The van der Waals surface area contributed by atoms with Crippen molar-refractivity contribution in [1.29, 1.82) is 0 Å². The Balaban J connectivity index is 0.00000161. The van der Waals surface area contributed by atoms with Gasteiger partial charge in [-0.3, -0.25) is 4.99 Å². The van der Waals surface area contributed by atoms with Crippen LogP contribution in [0.3, 0.4) is 0 Å². The van der Waals surface area contributed by atoms with E-state index < -0.39 is 0 Å². The largest absolute Gasteiger partial charge is 0.370 e. The van der Waals surface area contributed by atoms with Gasteiger partial charge in [-0.2, -0.15) is 0 Å². The predicted molar refractivity (Wildman–Crippen MR) is 101 cm³/mol. The lowest BCUT2D eigenvalue weighted by Gasteiger charge is -2.16. The summed E-state index contributed by atoms with van der Waals surface area (Å²) in [6.45, 7) is 0.677. The van der Waals surface area contributed by atoms with Gasteiger partial charge in [-0.25, -0.2) is 4.98 Å². The summed E-state index contributed by atoms with van der Waals surface area (Å²) in [5, 5.41) is 1.80. The molecule has 0 saturated heterocycles. The highest BCUT2D eigenvalue weighted by molar-refractivity contribution is 14.0. The second-order valence-corrected chi connectivity index (χ2v) is 6.60. The highest BCUT2D eigenvalue weighted by atomic mass is 127. The number of thiazole rings is 1. The lowest BCUT2D eigenvalue weighted by Crippen LogP contribution is -2.35. The molecule has 0 amide bonds. The van der Waals surface area contributed by atoms with E-state index in [0.717, 1.165) is 26.7 Å². The minimum absolute atomic E-state index is 0. The molecule has 1 heterocycles. The van der Waals surface area contributed by atoms with Gasteiger partial charge in [0.2, 0.25) is 0 Å². The molecule has 0 spiro atoms. The minimum atomic E-state index is 0. The smallest absolute Gasteiger partial charge is 0.191 e. The van der Waals surface area contributed by atoms with E-state index in [1.165, 1.54) is 12.8 Å². The summed E-state index contributed by atoms with van der Waals surface area (Å²) >= 11 is 7.66. The summed E-state index contributed by atoms with van der Waals surface area (Å²) in [6.07, 6.45) is 3.27. The summed E-state index contributed by atoms with van der Waals surface area (Å²) in [5.74, 6) is 0.636. The van der Waals surface area contributed by atoms with Gasteiger partial charge in [0.1, 0.15) is 0 Å². The van der Waals surface area contributed by atoms with Gasteiger partial charge >= 0.3 is 0 Å². The zero-order chi connectivity index (χ0) is 14.1. The van der Waals surface area contributed by atoms with Crippen molar-refractivity contribution in [1.82, 2.24) is 9.88 Å². The van der Waals surface area contributed by atoms with Crippen LogP contribution < -0.4 is 5.73 Å². The maximum absolute atomic E-state index is 5.96. The number of guanidine groups is 1. The Morgan fingerprint density at radius 1 is 1.52 bits per heavy atom. The first kappa shape index (κ1) is 16.8. The highest BCUT2D eigenvalue weighted by Gasteiger charge is 2.27. The fraction of sp³-hybridized carbons (Fsp3) is 0.429. The van der Waals surface area contributed by atoms with Crippen molar-refractivity contribution >= 4 is 63.1 Å². The van der Waals surface area contributed by atoms with Crippen molar-refractivity contribution in [2.75, 3.05) is 13.6 Å². The average Bonchev–Trinajstić information content (AvgIpc) is 3.19. The third kappa shape index (κ3) is 4.20. The molecule has 4 nitrogen and oxygen atoms in total. The first-order valence-electron chi connectivity index (χ1n) is 6.71. The van der Waals surface area contributed by atoms with Crippen molar-refractivity contribution in [3.63, 3.8) is 0 Å². The summed E-state index contributed by atoms with van der Waals surface area (Å²) < 4.78 is 1.16. The Labute approximate surface area is 150 Å². The van der Waals surface area contributed by atoms with Crippen molar-refractivity contribution in [3.05, 3.63) is 28.2 Å². The van der Waals surface area contributed by atoms with Gasteiger partial charge in [0.15, 0.2) is 5.96 Å². The summed E-state index contributed by atoms with van der Waals surface area (Å²) in [5.41, 5.74) is 6.92. The molecule has 1 fully saturated rings. The van der Waals surface area contributed by atoms with Gasteiger partial charge in [0.25, 0.3) is 0 Å². The third-order valence-corrected chi connectivity index (χ3v) is 4.78. The Hall–Kier alpha value is -0.600. The average molecular weight is 437 g/mol. The zero-order valence-electron chi connectivity index (χ0n) is 11.8. The summed E-state index contributed by atoms with van der Waals surface area (Å²) in [6, 6.07) is 6.41. The van der Waals surface area contributed by atoms with Crippen molar-refractivity contribution in [2.45, 2.75) is 25.3 Å². The molecule has 1 aromatic carbocycles. The quantitative estimate of drug-likeness (QED) is 0.453. The molecule has 2 N–H and O–H groups in total. The summed E-state index contributed by atoms with van der Waals surface area (Å²) in [4.78, 5) is 11.1. The number of halogens is 2. The van der Waals surface area contributed by atoms with Crippen LogP contribution in [0.15, 0.2) is 23.2 Å². The fourth-order valence-corrected chi connectivity index (χ4v) is 3.18. The molecule has 3 rings (SSSR count). The maximum Gasteiger partial charge on any atom is 0.191 e. The molecule has 0 unspecified atom stereocenters. The van der Waals surface area contributed by atoms with Crippen LogP contribution in [-0.2, 0) is 6.42 Å². The van der Waals surface area contributed by atoms with Crippen molar-refractivity contribution in [3.8, 4) is 0 Å². The number of hydrogen-bond donors (Lipinski definition) is 1. The molecule has 1 saturated carbocycles. The van der Waals surface area contributed by atoms with Gasteiger partial charge in [0.05, 0.1) is 15.2 Å². The van der Waals surface area contributed by atoms with Crippen LogP contribution in [0.4, 0.5) is 0 Å². The number of hydrogen-bond acceptors (Lipinski definition) is 3. The number of fused-ring (bicyclic) bond motifs is 1. The molecule has 1 aliphatic carbocycles. The fourth-order valence-electron chi connectivity index (χ4n) is 2.08. The second kappa shape index (κ2) is 7.11. The van der Waals surface area contributed by atoms with Crippen LogP contribution in [0.1, 0.15) is 17.8 Å². The van der Waals surface area contributed by atoms with Crippen LogP contribution in [0, 0.1) is 0 Å². The molecule has 1 aliphatic rings. The van der Waals surface area contributed by atoms with Gasteiger partial charge in [-0.1, -0.05) is 11.6 Å². The van der Waals surface area contributed by atoms with E-state index in [9.17, 15) is 0 Å². The highest BCUT2D eigenvalue weighted by Crippen LogP contribution is 2.26. The standard InChI is InChI=1S/C14H17ClN4S.HI/c1-19(10-3-4-10)14(16)17-7-6-13-18-11-8-9(15)2-5-12(11)20-13;/h2,5,8,10H,3-4,6-7H2,1H3,(H2,16,17);1H. The molecular weight excluding hydrogens is 419 g/mol. The number of nitrogens with two attached hydrogens (primary N) is 1. The Bertz CT molecular complexity index is 653. The van der Waals surface area contributed by atoms with Gasteiger partial charge < -0.3 is 10.6 Å². The van der Waals surface area contributed by atoms with E-state index in [1.54, 1.807) is 11.3 Å². The number of aliphatic imine (C=N–C) groups is 1. The lowest BCUT2D eigenvalue weighted by atomic mass is 10.3.